The van der Waals surface area contributed by atoms with Crippen LogP contribution in [0.2, 0.25) is 0 Å². The molecule has 0 spiro atoms. The number of fused-ring (bicyclic) bond motifs is 1. The van der Waals surface area contributed by atoms with Gasteiger partial charge in [0.15, 0.2) is 5.65 Å². The van der Waals surface area contributed by atoms with Gasteiger partial charge < -0.3 is 4.98 Å². The molecule has 13 heavy (non-hydrogen) atoms. The highest BCUT2D eigenvalue weighted by atomic mass is 16.1. The van der Waals surface area contributed by atoms with Crippen molar-refractivity contribution in [1.82, 2.24) is 19.5 Å². The van der Waals surface area contributed by atoms with Crippen molar-refractivity contribution in [1.29, 1.82) is 0 Å². The summed E-state index contributed by atoms with van der Waals surface area (Å²) in [5.74, 6) is 0. The van der Waals surface area contributed by atoms with Crippen LogP contribution in [0.15, 0.2) is 17.3 Å². The molecular weight excluding hydrogens is 168 g/mol. The first kappa shape index (κ1) is 6.82. The molecule has 2 heterocycles. The van der Waals surface area contributed by atoms with E-state index in [0.717, 1.165) is 24.0 Å². The topological polar surface area (TPSA) is 63.6 Å². The maximum atomic E-state index is 11.5. The SMILES string of the molecule is O=c1[nH]c2cncnc2n1C1CC1. The fourth-order valence-electron chi connectivity index (χ4n) is 1.55. The molecule has 0 unspecified atom stereocenters. The lowest BCUT2D eigenvalue weighted by atomic mass is 10.5. The molecule has 0 atom stereocenters. The maximum Gasteiger partial charge on any atom is 0.327 e. The van der Waals surface area contributed by atoms with Gasteiger partial charge in [-0.3, -0.25) is 4.57 Å². The number of hydrogen-bond acceptors (Lipinski definition) is 3. The lowest BCUT2D eigenvalue weighted by Crippen LogP contribution is -2.15. The summed E-state index contributed by atoms with van der Waals surface area (Å²) in [4.78, 5) is 22.1. The minimum absolute atomic E-state index is 0.0713. The first-order chi connectivity index (χ1) is 6.36. The Bertz CT molecular complexity index is 508. The van der Waals surface area contributed by atoms with Gasteiger partial charge in [-0.1, -0.05) is 0 Å². The number of nitrogens with zero attached hydrogens (tertiary/aromatic N) is 3. The molecule has 5 nitrogen and oxygen atoms in total. The van der Waals surface area contributed by atoms with E-state index < -0.39 is 0 Å². The van der Waals surface area contributed by atoms with Crippen LogP contribution in [0.1, 0.15) is 18.9 Å². The summed E-state index contributed by atoms with van der Waals surface area (Å²) < 4.78 is 1.72. The van der Waals surface area contributed by atoms with E-state index in [1.165, 1.54) is 6.33 Å². The average Bonchev–Trinajstić information content (AvgIpc) is 2.88. The van der Waals surface area contributed by atoms with Crippen molar-refractivity contribution in [2.45, 2.75) is 18.9 Å². The molecule has 5 heteroatoms. The van der Waals surface area contributed by atoms with E-state index >= 15 is 0 Å². The Morgan fingerprint density at radius 3 is 3.15 bits per heavy atom. The third-order valence-corrected chi connectivity index (χ3v) is 2.29. The molecule has 0 bridgehead atoms. The van der Waals surface area contributed by atoms with E-state index in [-0.39, 0.29) is 5.69 Å². The zero-order valence-corrected chi connectivity index (χ0v) is 6.90. The van der Waals surface area contributed by atoms with Gasteiger partial charge in [-0.25, -0.2) is 14.8 Å². The van der Waals surface area contributed by atoms with Crippen LogP contribution < -0.4 is 5.69 Å². The second kappa shape index (κ2) is 2.18. The van der Waals surface area contributed by atoms with Crippen LogP contribution in [-0.4, -0.2) is 19.5 Å². The summed E-state index contributed by atoms with van der Waals surface area (Å²) in [6.07, 6.45) is 5.25. The number of aromatic nitrogens is 4. The molecule has 0 aliphatic heterocycles. The second-order valence-electron chi connectivity index (χ2n) is 3.29. The van der Waals surface area contributed by atoms with Crippen molar-refractivity contribution in [2.75, 3.05) is 0 Å². The lowest BCUT2D eigenvalue weighted by Gasteiger charge is -1.95. The molecule has 0 aromatic carbocycles. The fourth-order valence-corrected chi connectivity index (χ4v) is 1.55. The molecule has 0 amide bonds. The van der Waals surface area contributed by atoms with Gasteiger partial charge in [-0.15, -0.1) is 0 Å². The predicted octanol–water partition coefficient (Wildman–Crippen LogP) is 0.454. The quantitative estimate of drug-likeness (QED) is 0.686. The molecule has 1 N–H and O–H groups in total. The van der Waals surface area contributed by atoms with E-state index in [1.54, 1.807) is 10.8 Å². The smallest absolute Gasteiger partial charge is 0.303 e. The van der Waals surface area contributed by atoms with Crippen LogP contribution in [0.3, 0.4) is 0 Å². The highest BCUT2D eigenvalue weighted by Gasteiger charge is 2.27. The number of aromatic amines is 1. The van der Waals surface area contributed by atoms with E-state index in [4.69, 9.17) is 0 Å². The summed E-state index contributed by atoms with van der Waals surface area (Å²) in [5.41, 5.74) is 1.37. The predicted molar refractivity (Wildman–Crippen MR) is 46.4 cm³/mol. The van der Waals surface area contributed by atoms with E-state index in [2.05, 4.69) is 15.0 Å². The van der Waals surface area contributed by atoms with Gasteiger partial charge in [0.1, 0.15) is 11.8 Å². The van der Waals surface area contributed by atoms with Crippen LogP contribution >= 0.6 is 0 Å². The van der Waals surface area contributed by atoms with Crippen molar-refractivity contribution in [2.24, 2.45) is 0 Å². The van der Waals surface area contributed by atoms with E-state index in [9.17, 15) is 4.79 Å². The molecule has 0 saturated heterocycles. The standard InChI is InChI=1S/C8H8N4O/c13-8-11-6-3-9-4-10-7(6)12(8)5-1-2-5/h3-5H,1-2H2,(H,11,13). The van der Waals surface area contributed by atoms with Gasteiger partial charge in [-0.05, 0) is 12.8 Å². The minimum atomic E-state index is -0.0713. The molecule has 66 valence electrons. The van der Waals surface area contributed by atoms with Gasteiger partial charge in [0, 0.05) is 6.04 Å². The molecule has 2 aromatic heterocycles. The fraction of sp³-hybridized carbons (Fsp3) is 0.375. The number of nitrogens with one attached hydrogen (secondary N) is 1. The first-order valence-electron chi connectivity index (χ1n) is 4.26. The molecule has 1 saturated carbocycles. The average molecular weight is 176 g/mol. The summed E-state index contributed by atoms with van der Waals surface area (Å²) in [5, 5.41) is 0. The molecule has 1 aliphatic carbocycles. The van der Waals surface area contributed by atoms with Crippen molar-refractivity contribution in [3.63, 3.8) is 0 Å². The van der Waals surface area contributed by atoms with Crippen molar-refractivity contribution >= 4 is 11.2 Å². The molecule has 1 fully saturated rings. The molecule has 1 aliphatic rings. The van der Waals surface area contributed by atoms with E-state index in [1.807, 2.05) is 0 Å². The van der Waals surface area contributed by atoms with Crippen LogP contribution in [0.25, 0.3) is 11.2 Å². The van der Waals surface area contributed by atoms with Crippen LogP contribution in [-0.2, 0) is 0 Å². The van der Waals surface area contributed by atoms with Gasteiger partial charge in [0.2, 0.25) is 0 Å². The van der Waals surface area contributed by atoms with Crippen LogP contribution in [0.5, 0.6) is 0 Å². The normalized spacial score (nSPS) is 16.6. The highest BCUT2D eigenvalue weighted by molar-refractivity contribution is 5.69. The highest BCUT2D eigenvalue weighted by Crippen LogP contribution is 2.34. The Labute approximate surface area is 73.4 Å². The Balaban J connectivity index is 2.41. The Kier molecular flexibility index (Phi) is 1.15. The van der Waals surface area contributed by atoms with Gasteiger partial charge in [0.05, 0.1) is 6.20 Å². The van der Waals surface area contributed by atoms with Crippen LogP contribution in [0.4, 0.5) is 0 Å². The summed E-state index contributed by atoms with van der Waals surface area (Å²) in [6, 6.07) is 0.358. The Hall–Kier alpha value is -1.65. The van der Waals surface area contributed by atoms with Crippen molar-refractivity contribution < 1.29 is 0 Å². The van der Waals surface area contributed by atoms with Crippen LogP contribution in [0, 0.1) is 0 Å². The molecule has 2 aromatic rings. The third-order valence-electron chi connectivity index (χ3n) is 2.29. The van der Waals surface area contributed by atoms with Crippen molar-refractivity contribution in [3.05, 3.63) is 23.0 Å². The third kappa shape index (κ3) is 0.898. The number of hydrogen-bond donors (Lipinski definition) is 1. The minimum Gasteiger partial charge on any atom is -0.303 e. The summed E-state index contributed by atoms with van der Waals surface area (Å²) >= 11 is 0. The molecule has 3 rings (SSSR count). The Morgan fingerprint density at radius 1 is 1.54 bits per heavy atom. The molecular formula is C8H8N4O. The largest absolute Gasteiger partial charge is 0.327 e. The Morgan fingerprint density at radius 2 is 2.38 bits per heavy atom. The number of imidazole rings is 1. The zero-order chi connectivity index (χ0) is 8.84. The summed E-state index contributed by atoms with van der Waals surface area (Å²) in [7, 11) is 0. The monoisotopic (exact) mass is 176 g/mol. The van der Waals surface area contributed by atoms with Gasteiger partial charge >= 0.3 is 5.69 Å². The second-order valence-corrected chi connectivity index (χ2v) is 3.29. The number of H-pyrrole nitrogens is 1. The first-order valence-corrected chi connectivity index (χ1v) is 4.26. The van der Waals surface area contributed by atoms with Gasteiger partial charge in [0.25, 0.3) is 0 Å². The van der Waals surface area contributed by atoms with Gasteiger partial charge in [-0.2, -0.15) is 0 Å². The lowest BCUT2D eigenvalue weighted by molar-refractivity contribution is 0.725. The molecule has 0 radical (unpaired) electrons. The summed E-state index contributed by atoms with van der Waals surface area (Å²) in [6.45, 7) is 0. The van der Waals surface area contributed by atoms with E-state index in [0.29, 0.717) is 6.04 Å². The number of rotatable bonds is 1. The van der Waals surface area contributed by atoms with Crippen molar-refractivity contribution in [3.8, 4) is 0 Å². The zero-order valence-electron chi connectivity index (χ0n) is 6.90. The maximum absolute atomic E-state index is 11.5.